The van der Waals surface area contributed by atoms with Crippen molar-refractivity contribution in [3.63, 3.8) is 0 Å². The lowest BCUT2D eigenvalue weighted by molar-refractivity contribution is -0.150. The number of carboxylic acid groups (broad SMARTS) is 1. The third kappa shape index (κ3) is 6.11. The molecule has 0 spiro atoms. The second kappa shape index (κ2) is 12.0. The number of nitrogens with two attached hydrogens (primary N) is 1. The molecule has 1 aromatic carbocycles. The van der Waals surface area contributed by atoms with Gasteiger partial charge in [0.1, 0.15) is 17.1 Å². The first kappa shape index (κ1) is 28.3. The third-order valence-corrected chi connectivity index (χ3v) is 10.1. The number of nitrogens with one attached hydrogen (secondary N) is 2. The average Bonchev–Trinajstić information content (AvgIpc) is 3.39. The van der Waals surface area contributed by atoms with Gasteiger partial charge in [-0.05, 0) is 34.1 Å². The van der Waals surface area contributed by atoms with Crippen LogP contribution in [0, 0.1) is 0 Å². The molecule has 2 amide bonds. The number of H-pyrrole nitrogens is 1. The predicted molar refractivity (Wildman–Crippen MR) is 138 cm³/mol. The Morgan fingerprint density at radius 3 is 2.76 bits per heavy atom. The highest BCUT2D eigenvalue weighted by Gasteiger charge is 2.55. The van der Waals surface area contributed by atoms with E-state index in [4.69, 9.17) is 10.3 Å². The Kier molecular flexibility index (Phi) is 8.90. The third-order valence-electron chi connectivity index (χ3n) is 5.90. The second-order valence-electron chi connectivity index (χ2n) is 8.33. The smallest absolute Gasteiger partial charge is 0.352 e. The number of carbonyl (C=O) groups excluding carboxylic acids is 2. The zero-order valence-corrected chi connectivity index (χ0v) is 22.7. The Morgan fingerprint density at radius 2 is 2.13 bits per heavy atom. The van der Waals surface area contributed by atoms with Gasteiger partial charge in [-0.2, -0.15) is 0 Å². The minimum absolute atomic E-state index is 0.0154. The largest absolute Gasteiger partial charge is 0.477 e. The van der Waals surface area contributed by atoms with E-state index in [0.29, 0.717) is 0 Å². The van der Waals surface area contributed by atoms with E-state index in [1.165, 1.54) is 11.8 Å². The van der Waals surface area contributed by atoms with Crippen LogP contribution in [0.25, 0.3) is 0 Å². The summed E-state index contributed by atoms with van der Waals surface area (Å²) in [6.45, 7) is 1.82. The molecule has 2 aromatic rings. The van der Waals surface area contributed by atoms with Gasteiger partial charge in [0.2, 0.25) is 11.1 Å². The molecule has 4 rings (SSSR count). The number of tetrazole rings is 1. The van der Waals surface area contributed by atoms with Crippen molar-refractivity contribution >= 4 is 48.9 Å². The number of fused-ring (bicyclic) bond motifs is 1. The molecule has 17 heteroatoms. The minimum Gasteiger partial charge on any atom is -0.477 e. The molecule has 2 unspecified atom stereocenters. The lowest BCUT2D eigenvalue weighted by Crippen LogP contribution is -2.70. The van der Waals surface area contributed by atoms with Gasteiger partial charge in [-0.15, -0.1) is 16.9 Å². The van der Waals surface area contributed by atoms with Crippen molar-refractivity contribution in [2.24, 2.45) is 5.73 Å². The number of rotatable bonds is 12. The summed E-state index contributed by atoms with van der Waals surface area (Å²) in [4.78, 5) is 49.6. The van der Waals surface area contributed by atoms with Gasteiger partial charge in [0, 0.05) is 17.5 Å². The van der Waals surface area contributed by atoms with Crippen LogP contribution in [-0.2, 0) is 36.4 Å². The highest BCUT2D eigenvalue weighted by Crippen LogP contribution is 2.50. The maximum Gasteiger partial charge on any atom is 0.352 e. The fraction of sp³-hybridized carbons (Fsp3) is 0.429. The summed E-state index contributed by atoms with van der Waals surface area (Å²) in [6, 6.07) is 6.31. The van der Waals surface area contributed by atoms with Crippen LogP contribution in [0.3, 0.4) is 0 Å². The van der Waals surface area contributed by atoms with E-state index in [2.05, 4.69) is 25.9 Å². The van der Waals surface area contributed by atoms with Crippen LogP contribution in [0.15, 0.2) is 40.7 Å². The van der Waals surface area contributed by atoms with Crippen LogP contribution < -0.4 is 11.1 Å². The molecule has 2 aliphatic heterocycles. The molecule has 0 aliphatic carbocycles. The molecule has 4 atom stereocenters. The van der Waals surface area contributed by atoms with E-state index < -0.39 is 42.3 Å². The molecule has 204 valence electrons. The number of benzene rings is 1. The van der Waals surface area contributed by atoms with Crippen LogP contribution >= 0.6 is 31.1 Å². The van der Waals surface area contributed by atoms with Gasteiger partial charge >= 0.3 is 13.6 Å². The van der Waals surface area contributed by atoms with Crippen LogP contribution in [-0.4, -0.2) is 88.5 Å². The number of carboxylic acids is 1. The number of hydrogen-bond acceptors (Lipinski definition) is 11. The summed E-state index contributed by atoms with van der Waals surface area (Å²) in [5.41, 5.74) is 7.26. The first-order valence-electron chi connectivity index (χ1n) is 11.5. The van der Waals surface area contributed by atoms with Crippen LogP contribution in [0.1, 0.15) is 18.1 Å². The summed E-state index contributed by atoms with van der Waals surface area (Å²) in [7, 11) is -4.10. The summed E-state index contributed by atoms with van der Waals surface area (Å²) < 4.78 is 17.6. The number of aliphatic carboxylic acids is 1. The summed E-state index contributed by atoms with van der Waals surface area (Å²) in [5, 5.41) is 24.7. The standard InChI is InChI=1S/C21H26N7O7PS2/c1-2-35-36(33,34)9-14(38-21-24-26-27-25-21)13-10-37-19-16(18(30)28(19)17(13)20(31)32)23-15(29)7-11-5-3-4-6-12(11)8-22/h3-6,14,16,19H,2,7-10,22H2,1H3,(H,23,29)(H,31,32)(H,33,34)(H,24,25,26,27)/t14?,16-,19+/m1/s1. The van der Waals surface area contributed by atoms with Gasteiger partial charge in [0.15, 0.2) is 0 Å². The molecular weight excluding hydrogens is 557 g/mol. The number of hydrogen-bond donors (Lipinski definition) is 5. The summed E-state index contributed by atoms with van der Waals surface area (Å²) in [6.07, 6.45) is -0.402. The average molecular weight is 584 g/mol. The number of carbonyl (C=O) groups is 3. The number of amides is 2. The van der Waals surface area contributed by atoms with Crippen molar-refractivity contribution < 1.29 is 33.5 Å². The molecule has 1 fully saturated rings. The maximum atomic E-state index is 13.1. The Bertz CT molecular complexity index is 1290. The van der Waals surface area contributed by atoms with Crippen LogP contribution in [0.5, 0.6) is 0 Å². The first-order chi connectivity index (χ1) is 18.1. The molecule has 0 saturated carbocycles. The van der Waals surface area contributed by atoms with Gasteiger partial charge in [-0.1, -0.05) is 36.0 Å². The molecule has 14 nitrogen and oxygen atoms in total. The molecule has 1 saturated heterocycles. The monoisotopic (exact) mass is 583 g/mol. The van der Waals surface area contributed by atoms with E-state index in [1.54, 1.807) is 19.1 Å². The van der Waals surface area contributed by atoms with E-state index in [1.807, 2.05) is 12.1 Å². The second-order valence-corrected chi connectivity index (χ2v) is 12.5. The van der Waals surface area contributed by atoms with Crippen molar-refractivity contribution in [3.05, 3.63) is 46.7 Å². The number of β-lactam (4-membered cyclic amide) rings is 1. The van der Waals surface area contributed by atoms with Crippen LogP contribution in [0.2, 0.25) is 0 Å². The van der Waals surface area contributed by atoms with Crippen molar-refractivity contribution in [2.45, 2.75) is 41.7 Å². The van der Waals surface area contributed by atoms with Crippen molar-refractivity contribution in [1.29, 1.82) is 0 Å². The van der Waals surface area contributed by atoms with E-state index >= 15 is 0 Å². The quantitative estimate of drug-likeness (QED) is 0.129. The highest BCUT2D eigenvalue weighted by atomic mass is 32.2. The van der Waals surface area contributed by atoms with Crippen LogP contribution in [0.4, 0.5) is 0 Å². The molecule has 0 radical (unpaired) electrons. The Morgan fingerprint density at radius 1 is 1.39 bits per heavy atom. The molecular formula is C21H26N7O7PS2. The normalized spacial score (nSPS) is 21.3. The van der Waals surface area contributed by atoms with Gasteiger partial charge in [0.05, 0.1) is 19.2 Å². The fourth-order valence-electron chi connectivity index (χ4n) is 4.23. The molecule has 2 aliphatic rings. The van der Waals surface area contributed by atoms with Crippen molar-refractivity contribution in [2.75, 3.05) is 18.5 Å². The maximum absolute atomic E-state index is 13.1. The minimum atomic E-state index is -4.10. The Labute approximate surface area is 225 Å². The van der Waals surface area contributed by atoms with E-state index in [-0.39, 0.29) is 47.7 Å². The van der Waals surface area contributed by atoms with E-state index in [9.17, 15) is 28.9 Å². The lowest BCUT2D eigenvalue weighted by Gasteiger charge is -2.50. The summed E-state index contributed by atoms with van der Waals surface area (Å²) >= 11 is 2.22. The molecule has 1 aromatic heterocycles. The Balaban J connectivity index is 1.56. The highest BCUT2D eigenvalue weighted by molar-refractivity contribution is 8.01. The molecule has 6 N–H and O–H groups in total. The van der Waals surface area contributed by atoms with Crippen molar-refractivity contribution in [1.82, 2.24) is 30.8 Å². The number of aromatic nitrogens is 4. The van der Waals surface area contributed by atoms with E-state index in [0.717, 1.165) is 27.8 Å². The topological polar surface area (TPSA) is 214 Å². The number of thioether (sulfide) groups is 2. The lowest BCUT2D eigenvalue weighted by atomic mass is 10.0. The Hall–Kier alpha value is -2.75. The molecule has 38 heavy (non-hydrogen) atoms. The number of aromatic amines is 1. The van der Waals surface area contributed by atoms with Gasteiger partial charge in [-0.25, -0.2) is 9.89 Å². The van der Waals surface area contributed by atoms with Crippen molar-refractivity contribution in [3.8, 4) is 0 Å². The zero-order valence-electron chi connectivity index (χ0n) is 20.1. The SMILES string of the molecule is CCOP(=O)(O)CC(Sc1nnn[nH]1)C1=C(C(=O)O)N2C(=O)[C@@H](NC(=O)Cc3ccccc3CN)[C@@H]2SC1. The molecule has 3 heterocycles. The molecule has 0 bridgehead atoms. The number of nitrogens with zero attached hydrogens (tertiary/aromatic N) is 4. The zero-order chi connectivity index (χ0) is 27.4. The fourth-order valence-corrected chi connectivity index (χ4v) is 8.56. The van der Waals surface area contributed by atoms with Gasteiger partial charge in [0.25, 0.3) is 5.91 Å². The van der Waals surface area contributed by atoms with Gasteiger partial charge in [-0.3, -0.25) is 19.1 Å². The van der Waals surface area contributed by atoms with Gasteiger partial charge < -0.3 is 25.6 Å². The summed E-state index contributed by atoms with van der Waals surface area (Å²) in [5.74, 6) is -2.21. The first-order valence-corrected chi connectivity index (χ1v) is 15.2. The predicted octanol–water partition coefficient (Wildman–Crippen LogP) is 0.322.